The van der Waals surface area contributed by atoms with Crippen molar-refractivity contribution in [2.75, 3.05) is 7.11 Å². The van der Waals surface area contributed by atoms with E-state index in [1.54, 1.807) is 30.1 Å². The molecule has 0 atom stereocenters. The van der Waals surface area contributed by atoms with Gasteiger partial charge in [-0.3, -0.25) is 0 Å². The molecule has 31 heavy (non-hydrogen) atoms. The van der Waals surface area contributed by atoms with Crippen LogP contribution < -0.4 is 4.74 Å². The summed E-state index contributed by atoms with van der Waals surface area (Å²) < 4.78 is 6.98. The number of hydrogen-bond acceptors (Lipinski definition) is 5. The Kier molecular flexibility index (Phi) is 5.31. The van der Waals surface area contributed by atoms with E-state index in [0.29, 0.717) is 22.7 Å². The number of hydrogen-bond donors (Lipinski definition) is 2. The zero-order valence-electron chi connectivity index (χ0n) is 18.4. The molecule has 0 aliphatic carbocycles. The van der Waals surface area contributed by atoms with E-state index in [1.807, 2.05) is 30.3 Å². The number of nitrogens with zero attached hydrogens (tertiary/aromatic N) is 3. The van der Waals surface area contributed by atoms with Gasteiger partial charge >= 0.3 is 0 Å². The van der Waals surface area contributed by atoms with Crippen LogP contribution in [0.3, 0.4) is 0 Å². The number of aromatic nitrogens is 3. The number of phenols is 2. The van der Waals surface area contributed by atoms with E-state index in [-0.39, 0.29) is 17.6 Å². The van der Waals surface area contributed by atoms with E-state index >= 15 is 0 Å². The predicted molar refractivity (Wildman–Crippen MR) is 122 cm³/mol. The number of methoxy groups -OCH3 is 1. The van der Waals surface area contributed by atoms with Crippen LogP contribution in [0.4, 0.5) is 0 Å². The molecule has 0 saturated carbocycles. The van der Waals surface area contributed by atoms with Gasteiger partial charge in [0.2, 0.25) is 0 Å². The molecule has 4 aromatic rings. The zero-order valence-corrected chi connectivity index (χ0v) is 18.4. The number of phenolic OH excluding ortho intramolecular Hbond substituents is 2. The highest BCUT2D eigenvalue weighted by molar-refractivity contribution is 5.85. The summed E-state index contributed by atoms with van der Waals surface area (Å²) in [6, 6.07) is 11.0. The first-order chi connectivity index (χ1) is 14.8. The molecule has 6 nitrogen and oxygen atoms in total. The van der Waals surface area contributed by atoms with Crippen molar-refractivity contribution in [3.05, 3.63) is 59.9 Å². The second-order valence-electron chi connectivity index (χ2n) is 8.32. The van der Waals surface area contributed by atoms with Crippen LogP contribution >= 0.6 is 0 Å². The fraction of sp³-hybridized carbons (Fsp3) is 0.280. The first kappa shape index (κ1) is 20.7. The van der Waals surface area contributed by atoms with Crippen molar-refractivity contribution in [3.63, 3.8) is 0 Å². The molecule has 160 valence electrons. The molecular weight excluding hydrogens is 390 g/mol. The van der Waals surface area contributed by atoms with Gasteiger partial charge in [-0.05, 0) is 52.8 Å². The lowest BCUT2D eigenvalue weighted by Crippen LogP contribution is -2.02. The highest BCUT2D eigenvalue weighted by atomic mass is 16.5. The van der Waals surface area contributed by atoms with Crippen molar-refractivity contribution >= 4 is 5.65 Å². The zero-order chi connectivity index (χ0) is 22.3. The van der Waals surface area contributed by atoms with Gasteiger partial charge in [0.1, 0.15) is 17.2 Å². The first-order valence-electron chi connectivity index (χ1n) is 10.4. The van der Waals surface area contributed by atoms with Crippen molar-refractivity contribution < 1.29 is 14.9 Å². The molecule has 0 aliphatic heterocycles. The number of fused-ring (bicyclic) bond motifs is 1. The lowest BCUT2D eigenvalue weighted by Gasteiger charge is -2.19. The Labute approximate surface area is 181 Å². The standard InChI is InChI=1S/C25H27N3O3/c1-14(2)19-10-16(11-20(15(3)4)25(19)30)21-13-26-23-8-9-27-28(23)24(21)18-7-6-17(31-5)12-22(18)29/h6-15,29-30H,1-5H3. The number of benzene rings is 2. The van der Waals surface area contributed by atoms with Crippen LogP contribution in [0.15, 0.2) is 48.8 Å². The molecule has 6 heteroatoms. The summed E-state index contributed by atoms with van der Waals surface area (Å²) in [6.45, 7) is 8.25. The third-order valence-electron chi connectivity index (χ3n) is 5.60. The average Bonchev–Trinajstić information content (AvgIpc) is 3.22. The van der Waals surface area contributed by atoms with Gasteiger partial charge in [0.05, 0.1) is 19.0 Å². The minimum absolute atomic E-state index is 0.0931. The van der Waals surface area contributed by atoms with Gasteiger partial charge in [0.25, 0.3) is 0 Å². The van der Waals surface area contributed by atoms with E-state index in [0.717, 1.165) is 27.9 Å². The minimum Gasteiger partial charge on any atom is -0.507 e. The molecule has 0 aliphatic rings. The van der Waals surface area contributed by atoms with Crippen molar-refractivity contribution in [1.82, 2.24) is 14.6 Å². The highest BCUT2D eigenvalue weighted by Gasteiger charge is 2.21. The molecule has 0 saturated heterocycles. The number of ether oxygens (including phenoxy) is 1. The Hall–Kier alpha value is -3.54. The summed E-state index contributed by atoms with van der Waals surface area (Å²) in [4.78, 5) is 4.57. The van der Waals surface area contributed by atoms with Gasteiger partial charge in [0, 0.05) is 29.5 Å². The van der Waals surface area contributed by atoms with Gasteiger partial charge in [-0.25, -0.2) is 9.50 Å². The predicted octanol–water partition coefficient (Wildman–Crippen LogP) is 5.73. The SMILES string of the molecule is COc1ccc(-c2c(-c3cc(C(C)C)c(O)c(C(C)C)c3)cnc3ccnn23)c(O)c1. The van der Waals surface area contributed by atoms with Crippen LogP contribution in [0.25, 0.3) is 28.0 Å². The monoisotopic (exact) mass is 417 g/mol. The highest BCUT2D eigenvalue weighted by Crippen LogP contribution is 2.42. The normalized spacial score (nSPS) is 11.6. The lowest BCUT2D eigenvalue weighted by atomic mass is 9.88. The number of aromatic hydroxyl groups is 2. The Morgan fingerprint density at radius 2 is 1.58 bits per heavy atom. The minimum atomic E-state index is 0.0931. The Morgan fingerprint density at radius 1 is 0.903 bits per heavy atom. The molecule has 0 bridgehead atoms. The fourth-order valence-electron chi connectivity index (χ4n) is 3.90. The summed E-state index contributed by atoms with van der Waals surface area (Å²) in [6.07, 6.45) is 3.49. The van der Waals surface area contributed by atoms with Crippen LogP contribution in [0.2, 0.25) is 0 Å². The Bertz CT molecular complexity index is 1230. The molecule has 2 heterocycles. The van der Waals surface area contributed by atoms with E-state index in [9.17, 15) is 10.2 Å². The van der Waals surface area contributed by atoms with Crippen LogP contribution in [-0.4, -0.2) is 31.9 Å². The molecule has 2 aromatic carbocycles. The van der Waals surface area contributed by atoms with Crippen molar-refractivity contribution in [2.24, 2.45) is 0 Å². The van der Waals surface area contributed by atoms with Crippen LogP contribution in [-0.2, 0) is 0 Å². The average molecular weight is 418 g/mol. The van der Waals surface area contributed by atoms with Gasteiger partial charge in [-0.2, -0.15) is 5.10 Å². The Balaban J connectivity index is 2.05. The second kappa shape index (κ2) is 7.95. The maximum absolute atomic E-state index is 10.8. The topological polar surface area (TPSA) is 79.9 Å². The molecule has 0 amide bonds. The van der Waals surface area contributed by atoms with Crippen molar-refractivity contribution in [1.29, 1.82) is 0 Å². The van der Waals surface area contributed by atoms with E-state index in [2.05, 4.69) is 37.8 Å². The maximum atomic E-state index is 10.8. The molecule has 0 spiro atoms. The van der Waals surface area contributed by atoms with Crippen LogP contribution in [0.5, 0.6) is 17.2 Å². The third kappa shape index (κ3) is 3.58. The molecular formula is C25H27N3O3. The molecule has 4 rings (SSSR count). The largest absolute Gasteiger partial charge is 0.507 e. The third-order valence-corrected chi connectivity index (χ3v) is 5.60. The van der Waals surface area contributed by atoms with Crippen molar-refractivity contribution in [3.8, 4) is 39.6 Å². The van der Waals surface area contributed by atoms with Crippen LogP contribution in [0.1, 0.15) is 50.7 Å². The summed E-state index contributed by atoms with van der Waals surface area (Å²) in [5.74, 6) is 1.31. The summed E-state index contributed by atoms with van der Waals surface area (Å²) in [7, 11) is 1.56. The van der Waals surface area contributed by atoms with Gasteiger partial charge < -0.3 is 14.9 Å². The lowest BCUT2D eigenvalue weighted by molar-refractivity contribution is 0.408. The summed E-state index contributed by atoms with van der Waals surface area (Å²) in [5.41, 5.74) is 5.53. The van der Waals surface area contributed by atoms with Gasteiger partial charge in [0.15, 0.2) is 5.65 Å². The molecule has 2 aromatic heterocycles. The fourth-order valence-corrected chi connectivity index (χ4v) is 3.90. The molecule has 0 unspecified atom stereocenters. The second-order valence-corrected chi connectivity index (χ2v) is 8.32. The van der Waals surface area contributed by atoms with Crippen molar-refractivity contribution in [2.45, 2.75) is 39.5 Å². The summed E-state index contributed by atoms with van der Waals surface area (Å²) in [5, 5.41) is 26.1. The smallest absolute Gasteiger partial charge is 0.155 e. The number of rotatable bonds is 5. The summed E-state index contributed by atoms with van der Waals surface area (Å²) >= 11 is 0. The van der Waals surface area contributed by atoms with E-state index in [4.69, 9.17) is 4.74 Å². The van der Waals surface area contributed by atoms with Gasteiger partial charge in [-0.1, -0.05) is 27.7 Å². The maximum Gasteiger partial charge on any atom is 0.155 e. The molecule has 0 radical (unpaired) electrons. The molecule has 2 N–H and O–H groups in total. The van der Waals surface area contributed by atoms with Gasteiger partial charge in [-0.15, -0.1) is 0 Å². The Morgan fingerprint density at radius 3 is 2.16 bits per heavy atom. The first-order valence-corrected chi connectivity index (χ1v) is 10.4. The quantitative estimate of drug-likeness (QED) is 0.433. The van der Waals surface area contributed by atoms with Crippen LogP contribution in [0, 0.1) is 0 Å². The van der Waals surface area contributed by atoms with E-state index in [1.165, 1.54) is 0 Å². The molecule has 0 fully saturated rings. The van der Waals surface area contributed by atoms with E-state index < -0.39 is 0 Å².